The Labute approximate surface area is 135 Å². The lowest BCUT2D eigenvalue weighted by atomic mass is 10.1. The minimum atomic E-state index is -0.555. The first-order valence-corrected chi connectivity index (χ1v) is 7.62. The number of morpholine rings is 1. The van der Waals surface area contributed by atoms with Crippen LogP contribution in [0.25, 0.3) is 11.3 Å². The molecule has 0 amide bonds. The minimum Gasteiger partial charge on any atom is -0.467 e. The summed E-state index contributed by atoms with van der Waals surface area (Å²) >= 11 is 0. The Hall–Kier alpha value is -2.18. The van der Waals surface area contributed by atoms with Gasteiger partial charge in [0.2, 0.25) is 0 Å². The molecule has 6 nitrogen and oxygen atoms in total. The van der Waals surface area contributed by atoms with E-state index < -0.39 is 6.10 Å². The van der Waals surface area contributed by atoms with E-state index in [1.807, 2.05) is 43.3 Å². The molecule has 0 saturated carbocycles. The number of esters is 1. The lowest BCUT2D eigenvalue weighted by Crippen LogP contribution is -2.49. The van der Waals surface area contributed by atoms with Gasteiger partial charge in [-0.15, -0.1) is 0 Å². The van der Waals surface area contributed by atoms with Gasteiger partial charge in [0.1, 0.15) is 5.69 Å². The van der Waals surface area contributed by atoms with Crippen LogP contribution in [0.3, 0.4) is 0 Å². The predicted molar refractivity (Wildman–Crippen MR) is 83.6 cm³/mol. The van der Waals surface area contributed by atoms with Crippen LogP contribution in [0.2, 0.25) is 0 Å². The van der Waals surface area contributed by atoms with E-state index in [9.17, 15) is 4.79 Å². The molecule has 1 aromatic carbocycles. The second kappa shape index (κ2) is 6.93. The van der Waals surface area contributed by atoms with E-state index in [1.54, 1.807) is 0 Å². The number of hydrogen-bond donors (Lipinski definition) is 0. The Kier molecular flexibility index (Phi) is 4.73. The number of rotatable bonds is 4. The zero-order valence-electron chi connectivity index (χ0n) is 13.3. The van der Waals surface area contributed by atoms with Crippen molar-refractivity contribution in [3.8, 4) is 11.3 Å². The third-order valence-corrected chi connectivity index (χ3v) is 3.81. The van der Waals surface area contributed by atoms with Crippen molar-refractivity contribution in [2.75, 3.05) is 20.2 Å². The van der Waals surface area contributed by atoms with Gasteiger partial charge in [0.25, 0.3) is 0 Å². The standard InChI is InChI=1S/C17H20N2O4/c1-12-9-19(11-16(22-12)17(20)21-2)10-14-8-15(18-23-14)13-6-4-3-5-7-13/h3-8,12,16H,9-11H2,1-2H3/t12-,16?/m1/s1. The highest BCUT2D eigenvalue weighted by molar-refractivity contribution is 5.75. The zero-order valence-corrected chi connectivity index (χ0v) is 13.3. The summed E-state index contributed by atoms with van der Waals surface area (Å²) in [6.45, 7) is 3.74. The van der Waals surface area contributed by atoms with Crippen LogP contribution in [0.4, 0.5) is 0 Å². The summed E-state index contributed by atoms with van der Waals surface area (Å²) in [6.07, 6.45) is -0.593. The predicted octanol–water partition coefficient (Wildman–Crippen LogP) is 2.10. The molecule has 122 valence electrons. The molecule has 2 atom stereocenters. The summed E-state index contributed by atoms with van der Waals surface area (Å²) in [5.74, 6) is 0.422. The highest BCUT2D eigenvalue weighted by Gasteiger charge is 2.31. The molecule has 2 heterocycles. The number of carbonyl (C=O) groups is 1. The molecule has 0 spiro atoms. The van der Waals surface area contributed by atoms with Gasteiger partial charge in [0.15, 0.2) is 11.9 Å². The van der Waals surface area contributed by atoms with Crippen LogP contribution >= 0.6 is 0 Å². The SMILES string of the molecule is COC(=O)C1CN(Cc2cc(-c3ccccc3)no2)C[C@@H](C)O1. The average molecular weight is 316 g/mol. The molecule has 23 heavy (non-hydrogen) atoms. The van der Waals surface area contributed by atoms with Crippen molar-refractivity contribution in [2.45, 2.75) is 25.7 Å². The van der Waals surface area contributed by atoms with Crippen LogP contribution < -0.4 is 0 Å². The molecular weight excluding hydrogens is 296 g/mol. The Morgan fingerprint density at radius 1 is 1.35 bits per heavy atom. The number of benzene rings is 1. The summed E-state index contributed by atoms with van der Waals surface area (Å²) in [4.78, 5) is 13.8. The van der Waals surface area contributed by atoms with Crippen molar-refractivity contribution in [1.82, 2.24) is 10.1 Å². The molecule has 1 unspecified atom stereocenters. The van der Waals surface area contributed by atoms with E-state index in [0.29, 0.717) is 13.1 Å². The molecule has 2 aromatic rings. The van der Waals surface area contributed by atoms with Crippen LogP contribution in [0, 0.1) is 0 Å². The number of ether oxygens (including phenoxy) is 2. The van der Waals surface area contributed by atoms with Crippen LogP contribution in [0.1, 0.15) is 12.7 Å². The van der Waals surface area contributed by atoms with Gasteiger partial charge in [-0.1, -0.05) is 35.5 Å². The summed E-state index contributed by atoms with van der Waals surface area (Å²) in [5, 5.41) is 4.12. The molecule has 3 rings (SSSR count). The van der Waals surface area contributed by atoms with Crippen LogP contribution in [-0.2, 0) is 20.8 Å². The van der Waals surface area contributed by atoms with E-state index >= 15 is 0 Å². The fourth-order valence-corrected chi connectivity index (χ4v) is 2.78. The second-order valence-electron chi connectivity index (χ2n) is 5.70. The molecule has 1 fully saturated rings. The first-order chi connectivity index (χ1) is 11.2. The number of nitrogens with zero attached hydrogens (tertiary/aromatic N) is 2. The molecule has 1 saturated heterocycles. The van der Waals surface area contributed by atoms with Crippen molar-refractivity contribution in [2.24, 2.45) is 0 Å². The Morgan fingerprint density at radius 3 is 2.87 bits per heavy atom. The maximum Gasteiger partial charge on any atom is 0.336 e. The average Bonchev–Trinajstić information content (AvgIpc) is 3.03. The van der Waals surface area contributed by atoms with Crippen LogP contribution in [0.5, 0.6) is 0 Å². The van der Waals surface area contributed by atoms with E-state index in [4.69, 9.17) is 14.0 Å². The molecule has 0 bridgehead atoms. The van der Waals surface area contributed by atoms with Crippen LogP contribution in [0.15, 0.2) is 40.9 Å². The lowest BCUT2D eigenvalue weighted by Gasteiger charge is -2.34. The first-order valence-electron chi connectivity index (χ1n) is 7.62. The fourth-order valence-electron chi connectivity index (χ4n) is 2.78. The number of carbonyl (C=O) groups excluding carboxylic acids is 1. The highest BCUT2D eigenvalue weighted by atomic mass is 16.6. The third-order valence-electron chi connectivity index (χ3n) is 3.81. The van der Waals surface area contributed by atoms with Crippen molar-refractivity contribution in [3.05, 3.63) is 42.2 Å². The fraction of sp³-hybridized carbons (Fsp3) is 0.412. The van der Waals surface area contributed by atoms with Crippen molar-refractivity contribution >= 4 is 5.97 Å². The molecule has 0 N–H and O–H groups in total. The maximum atomic E-state index is 11.7. The number of aromatic nitrogens is 1. The molecule has 0 radical (unpaired) electrons. The summed E-state index contributed by atoms with van der Waals surface area (Å²) in [6, 6.07) is 11.8. The van der Waals surface area contributed by atoms with Gasteiger partial charge in [-0.05, 0) is 6.92 Å². The lowest BCUT2D eigenvalue weighted by molar-refractivity contribution is -0.166. The number of hydrogen-bond acceptors (Lipinski definition) is 6. The largest absolute Gasteiger partial charge is 0.467 e. The Morgan fingerprint density at radius 2 is 2.13 bits per heavy atom. The molecule has 0 aliphatic carbocycles. The van der Waals surface area contributed by atoms with Gasteiger partial charge in [0, 0.05) is 24.7 Å². The number of methoxy groups -OCH3 is 1. The van der Waals surface area contributed by atoms with E-state index in [1.165, 1.54) is 7.11 Å². The van der Waals surface area contributed by atoms with Crippen molar-refractivity contribution in [1.29, 1.82) is 0 Å². The minimum absolute atomic E-state index is 0.0376. The summed E-state index contributed by atoms with van der Waals surface area (Å²) < 4.78 is 15.8. The van der Waals surface area contributed by atoms with Gasteiger partial charge < -0.3 is 14.0 Å². The van der Waals surface area contributed by atoms with Crippen molar-refractivity contribution < 1.29 is 18.8 Å². The summed E-state index contributed by atoms with van der Waals surface area (Å²) in [5.41, 5.74) is 1.83. The van der Waals surface area contributed by atoms with Gasteiger partial charge in [-0.3, -0.25) is 4.90 Å². The third kappa shape index (κ3) is 3.78. The molecule has 6 heteroatoms. The van der Waals surface area contributed by atoms with Gasteiger partial charge in [0.05, 0.1) is 19.8 Å². The van der Waals surface area contributed by atoms with E-state index in [-0.39, 0.29) is 12.1 Å². The second-order valence-corrected chi connectivity index (χ2v) is 5.70. The van der Waals surface area contributed by atoms with Gasteiger partial charge >= 0.3 is 5.97 Å². The Balaban J connectivity index is 1.67. The molecule has 1 aliphatic heterocycles. The Bertz CT molecular complexity index is 656. The van der Waals surface area contributed by atoms with Gasteiger partial charge in [-0.2, -0.15) is 0 Å². The van der Waals surface area contributed by atoms with E-state index in [0.717, 1.165) is 23.6 Å². The normalized spacial score (nSPS) is 22.0. The van der Waals surface area contributed by atoms with E-state index in [2.05, 4.69) is 10.1 Å². The van der Waals surface area contributed by atoms with Crippen molar-refractivity contribution in [3.63, 3.8) is 0 Å². The maximum absolute atomic E-state index is 11.7. The zero-order chi connectivity index (χ0) is 16.2. The van der Waals surface area contributed by atoms with Gasteiger partial charge in [-0.25, -0.2) is 4.79 Å². The topological polar surface area (TPSA) is 64.8 Å². The smallest absolute Gasteiger partial charge is 0.336 e. The van der Waals surface area contributed by atoms with Crippen LogP contribution in [-0.4, -0.2) is 48.4 Å². The quantitative estimate of drug-likeness (QED) is 0.805. The summed E-state index contributed by atoms with van der Waals surface area (Å²) in [7, 11) is 1.37. The monoisotopic (exact) mass is 316 g/mol. The highest BCUT2D eigenvalue weighted by Crippen LogP contribution is 2.21. The molecular formula is C17H20N2O4. The molecule has 1 aromatic heterocycles. The first kappa shape index (κ1) is 15.7. The molecule has 1 aliphatic rings.